The summed E-state index contributed by atoms with van der Waals surface area (Å²) >= 11 is 0. The molecule has 0 atom stereocenters. The Labute approximate surface area is 368 Å². The summed E-state index contributed by atoms with van der Waals surface area (Å²) in [4.78, 5) is 30.7. The monoisotopic (exact) mass is 859 g/mol. The van der Waals surface area contributed by atoms with Crippen molar-refractivity contribution in [3.63, 3.8) is 0 Å². The van der Waals surface area contributed by atoms with Crippen LogP contribution in [0, 0.1) is 0 Å². The van der Waals surface area contributed by atoms with Crippen molar-refractivity contribution in [1.82, 2.24) is 0 Å². The molecule has 7 heteroatoms. The number of carboxylic acids is 3. The van der Waals surface area contributed by atoms with E-state index in [1.807, 2.05) is 0 Å². The van der Waals surface area contributed by atoms with Crippen molar-refractivity contribution >= 4 is 17.9 Å². The fourth-order valence-electron chi connectivity index (χ4n) is 7.22. The number of carbonyl (C=O) groups excluding carboxylic acids is 2. The SMILES string of the molecule is CCCCCCCCCCCCCC(=O)O.CCCCCCCCCCCCCCCCCC(=O)[O-].CCCCCCCCCCCCCCCCCC(=O)[O-].[Zn+2]. The number of unbranched alkanes of at least 4 members (excludes halogenated alkanes) is 38. The number of carbonyl (C=O) groups is 3. The molecule has 0 aliphatic heterocycles. The van der Waals surface area contributed by atoms with Gasteiger partial charge in [0, 0.05) is 18.4 Å². The minimum atomic E-state index is -0.903. The third-order valence-corrected chi connectivity index (χ3v) is 11.0. The van der Waals surface area contributed by atoms with Crippen molar-refractivity contribution < 1.29 is 49.2 Å². The van der Waals surface area contributed by atoms with E-state index in [4.69, 9.17) is 5.11 Å². The Morgan fingerprint density at radius 3 is 0.561 bits per heavy atom. The Kier molecular flexibility index (Phi) is 65.3. The van der Waals surface area contributed by atoms with Crippen molar-refractivity contribution in [2.45, 2.75) is 303 Å². The van der Waals surface area contributed by atoms with Crippen LogP contribution in [0.4, 0.5) is 0 Å². The summed E-state index contributed by atoms with van der Waals surface area (Å²) in [6.45, 7) is 6.78. The molecule has 6 nitrogen and oxygen atoms in total. The van der Waals surface area contributed by atoms with Gasteiger partial charge in [-0.05, 0) is 32.1 Å². The van der Waals surface area contributed by atoms with Gasteiger partial charge in [0.05, 0.1) is 0 Å². The van der Waals surface area contributed by atoms with Crippen LogP contribution in [0.5, 0.6) is 0 Å². The second kappa shape index (κ2) is 59.3. The number of hydrogen-bond donors (Lipinski definition) is 1. The molecular formula is C50H98O6Zn. The van der Waals surface area contributed by atoms with Crippen molar-refractivity contribution in [3.05, 3.63) is 0 Å². The molecule has 57 heavy (non-hydrogen) atoms. The Hall–Kier alpha value is -0.967. The van der Waals surface area contributed by atoms with Crippen LogP contribution in [-0.2, 0) is 33.9 Å². The average molecular weight is 861 g/mol. The number of carboxylic acid groups (broad SMARTS) is 3. The van der Waals surface area contributed by atoms with Crippen molar-refractivity contribution in [2.75, 3.05) is 0 Å². The summed E-state index contributed by atoms with van der Waals surface area (Å²) in [7, 11) is 0. The molecule has 0 rings (SSSR count). The molecule has 0 aromatic rings. The molecule has 0 aromatic heterocycles. The van der Waals surface area contributed by atoms with Crippen molar-refractivity contribution in [2.24, 2.45) is 0 Å². The zero-order valence-electron chi connectivity index (χ0n) is 38.8. The predicted molar refractivity (Wildman–Crippen MR) is 238 cm³/mol. The van der Waals surface area contributed by atoms with Crippen LogP contribution in [-0.4, -0.2) is 23.0 Å². The second-order valence-electron chi connectivity index (χ2n) is 16.8. The smallest absolute Gasteiger partial charge is 0.550 e. The minimum Gasteiger partial charge on any atom is -0.550 e. The van der Waals surface area contributed by atoms with Gasteiger partial charge in [-0.25, -0.2) is 0 Å². The van der Waals surface area contributed by atoms with Gasteiger partial charge in [-0.1, -0.05) is 265 Å². The van der Waals surface area contributed by atoms with E-state index in [2.05, 4.69) is 20.8 Å². The minimum absolute atomic E-state index is 0. The third-order valence-electron chi connectivity index (χ3n) is 11.0. The average Bonchev–Trinajstić information content (AvgIpc) is 3.17. The van der Waals surface area contributed by atoms with E-state index < -0.39 is 17.9 Å². The number of aliphatic carboxylic acids is 3. The fourth-order valence-corrected chi connectivity index (χ4v) is 7.22. The zero-order chi connectivity index (χ0) is 41.8. The maximum Gasteiger partial charge on any atom is 2.00 e. The standard InChI is InChI=1S/2C18H36O2.C14H28O2.Zn/c2*1-2-3-4-5-6-7-8-9-10-11-12-13-14-15-16-17-18(19)20;1-2-3-4-5-6-7-8-9-10-11-12-13-14(15)16;/h2*2-17H2,1H3,(H,19,20);2-13H2,1H3,(H,15,16);/q;;;+2/p-2. The van der Waals surface area contributed by atoms with E-state index in [1.165, 1.54) is 225 Å². The van der Waals surface area contributed by atoms with Gasteiger partial charge in [-0.2, -0.15) is 0 Å². The first kappa shape index (κ1) is 62.7. The molecule has 0 unspecified atom stereocenters. The molecule has 0 aliphatic carbocycles. The largest absolute Gasteiger partial charge is 2.00 e. The van der Waals surface area contributed by atoms with Gasteiger partial charge in [-0.15, -0.1) is 0 Å². The van der Waals surface area contributed by atoms with E-state index in [0.717, 1.165) is 38.5 Å². The molecule has 0 aliphatic rings. The van der Waals surface area contributed by atoms with E-state index in [-0.39, 0.29) is 32.3 Å². The molecule has 0 fully saturated rings. The molecule has 336 valence electrons. The summed E-state index contributed by atoms with van der Waals surface area (Å²) in [5.41, 5.74) is 0. The Morgan fingerprint density at radius 1 is 0.281 bits per heavy atom. The molecule has 0 radical (unpaired) electrons. The summed E-state index contributed by atoms with van der Waals surface area (Å²) in [6.07, 6.45) is 54.1. The van der Waals surface area contributed by atoms with Gasteiger partial charge in [0.25, 0.3) is 0 Å². The van der Waals surface area contributed by atoms with Gasteiger partial charge in [0.1, 0.15) is 0 Å². The molecule has 0 bridgehead atoms. The third kappa shape index (κ3) is 73.0. The van der Waals surface area contributed by atoms with Gasteiger partial charge >= 0.3 is 25.4 Å². The maximum atomic E-state index is 10.3. The molecule has 0 saturated carbocycles. The maximum absolute atomic E-state index is 10.3. The van der Waals surface area contributed by atoms with Crippen LogP contribution in [0.15, 0.2) is 0 Å². The summed E-state index contributed by atoms with van der Waals surface area (Å²) < 4.78 is 0. The van der Waals surface area contributed by atoms with Gasteiger partial charge < -0.3 is 24.9 Å². The second-order valence-corrected chi connectivity index (χ2v) is 16.8. The Balaban J connectivity index is -0.000000369. The van der Waals surface area contributed by atoms with Gasteiger partial charge in [-0.3, -0.25) is 4.79 Å². The van der Waals surface area contributed by atoms with Crippen LogP contribution in [0.2, 0.25) is 0 Å². The van der Waals surface area contributed by atoms with E-state index in [0.29, 0.717) is 6.42 Å². The van der Waals surface area contributed by atoms with Crippen LogP contribution in [0.25, 0.3) is 0 Å². The van der Waals surface area contributed by atoms with Crippen molar-refractivity contribution in [1.29, 1.82) is 0 Å². The normalized spacial score (nSPS) is 10.6. The predicted octanol–water partition coefficient (Wildman–Crippen LogP) is 14.8. The van der Waals surface area contributed by atoms with Crippen LogP contribution in [0.1, 0.15) is 303 Å². The van der Waals surface area contributed by atoms with Crippen LogP contribution in [0.3, 0.4) is 0 Å². The number of rotatable bonds is 44. The Morgan fingerprint density at radius 2 is 0.421 bits per heavy atom. The topological polar surface area (TPSA) is 118 Å². The fraction of sp³-hybridized carbons (Fsp3) is 0.940. The summed E-state index contributed by atoms with van der Waals surface area (Å²) in [6, 6.07) is 0. The van der Waals surface area contributed by atoms with Gasteiger partial charge in [0.2, 0.25) is 0 Å². The first-order valence-corrected chi connectivity index (χ1v) is 24.9. The molecule has 0 aromatic carbocycles. The van der Waals surface area contributed by atoms with Crippen LogP contribution >= 0.6 is 0 Å². The zero-order valence-corrected chi connectivity index (χ0v) is 41.8. The molecule has 0 heterocycles. The molecule has 1 N–H and O–H groups in total. The molecule has 0 saturated heterocycles. The van der Waals surface area contributed by atoms with Crippen molar-refractivity contribution in [3.8, 4) is 0 Å². The van der Waals surface area contributed by atoms with E-state index >= 15 is 0 Å². The van der Waals surface area contributed by atoms with Crippen LogP contribution < -0.4 is 10.2 Å². The summed E-state index contributed by atoms with van der Waals surface area (Å²) in [5.74, 6) is -2.46. The first-order valence-electron chi connectivity index (χ1n) is 24.9. The summed E-state index contributed by atoms with van der Waals surface area (Å²) in [5, 5.41) is 28.9. The Bertz CT molecular complexity index is 717. The molecular weight excluding hydrogens is 762 g/mol. The molecule has 0 spiro atoms. The number of hydrogen-bond acceptors (Lipinski definition) is 5. The quantitative estimate of drug-likeness (QED) is 0.0481. The van der Waals surface area contributed by atoms with Gasteiger partial charge in [0.15, 0.2) is 0 Å². The molecule has 0 amide bonds. The first-order chi connectivity index (χ1) is 27.3. The van der Waals surface area contributed by atoms with E-state index in [1.54, 1.807) is 0 Å². The van der Waals surface area contributed by atoms with E-state index in [9.17, 15) is 24.6 Å².